The number of nitrogens with two attached hydrogens (primary N) is 1. The molecule has 1 aliphatic rings. The Kier molecular flexibility index (Phi) is 1.38. The number of hydrogen-bond donors (Lipinski definition) is 2. The van der Waals surface area contributed by atoms with Crippen molar-refractivity contribution >= 4 is 11.6 Å². The van der Waals surface area contributed by atoms with Crippen LogP contribution in [-0.2, 0) is 6.42 Å². The van der Waals surface area contributed by atoms with Crippen LogP contribution in [-0.4, -0.2) is 16.5 Å². The number of hydrogen-bond acceptors (Lipinski definition) is 4. The maximum Gasteiger partial charge on any atom is 0.220 e. The average molecular weight is 150 g/mol. The second-order valence-corrected chi connectivity index (χ2v) is 2.62. The molecule has 0 saturated heterocycles. The number of anilines is 2. The predicted molar refractivity (Wildman–Crippen MR) is 43.3 cm³/mol. The first-order chi connectivity index (χ1) is 5.36. The van der Waals surface area contributed by atoms with Gasteiger partial charge < -0.3 is 11.1 Å². The highest BCUT2D eigenvalue weighted by Crippen LogP contribution is 2.18. The van der Waals surface area contributed by atoms with Crippen LogP contribution >= 0.6 is 0 Å². The quantitative estimate of drug-likeness (QED) is 0.562. The Morgan fingerprint density at radius 3 is 3.36 bits per heavy atom. The molecule has 0 bridgehead atoms. The highest BCUT2D eigenvalue weighted by molar-refractivity contribution is 5.49. The van der Waals surface area contributed by atoms with E-state index in [1.807, 2.05) is 0 Å². The lowest BCUT2D eigenvalue weighted by Gasteiger charge is -2.15. The van der Waals surface area contributed by atoms with Gasteiger partial charge in [-0.1, -0.05) is 0 Å². The van der Waals surface area contributed by atoms with Crippen molar-refractivity contribution in [3.63, 3.8) is 0 Å². The van der Waals surface area contributed by atoms with Crippen molar-refractivity contribution in [3.05, 3.63) is 11.9 Å². The number of fused-ring (bicyclic) bond motifs is 1. The van der Waals surface area contributed by atoms with Gasteiger partial charge in [0.05, 0.1) is 17.6 Å². The molecule has 11 heavy (non-hydrogen) atoms. The van der Waals surface area contributed by atoms with Crippen LogP contribution in [0.5, 0.6) is 0 Å². The van der Waals surface area contributed by atoms with Crippen LogP contribution in [0, 0.1) is 0 Å². The van der Waals surface area contributed by atoms with Crippen LogP contribution in [0.2, 0.25) is 0 Å². The molecule has 58 valence electrons. The van der Waals surface area contributed by atoms with Crippen molar-refractivity contribution in [2.24, 2.45) is 0 Å². The zero-order valence-electron chi connectivity index (χ0n) is 6.17. The molecular weight excluding hydrogens is 140 g/mol. The minimum atomic E-state index is 0.368. The average Bonchev–Trinajstić information content (AvgIpc) is 2.04. The SMILES string of the molecule is Nc1ncc2c(n1)CCCN2. The molecule has 4 heteroatoms. The molecule has 0 aliphatic carbocycles. The van der Waals surface area contributed by atoms with E-state index in [-0.39, 0.29) is 0 Å². The third kappa shape index (κ3) is 1.11. The molecule has 1 aromatic heterocycles. The lowest BCUT2D eigenvalue weighted by Crippen LogP contribution is -2.14. The number of nitrogens with one attached hydrogen (secondary N) is 1. The lowest BCUT2D eigenvalue weighted by molar-refractivity contribution is 0.797. The maximum absolute atomic E-state index is 5.43. The minimum Gasteiger partial charge on any atom is -0.382 e. The van der Waals surface area contributed by atoms with Gasteiger partial charge >= 0.3 is 0 Å². The highest BCUT2D eigenvalue weighted by atomic mass is 15.0. The Balaban J connectivity index is 2.43. The standard InChI is InChI=1S/C7H10N4/c8-7-10-4-6-5(11-7)2-1-3-9-6/h4,9H,1-3H2,(H2,8,10,11). The predicted octanol–water partition coefficient (Wildman–Crippen LogP) is 0.417. The summed E-state index contributed by atoms with van der Waals surface area (Å²) in [6, 6.07) is 0. The summed E-state index contributed by atoms with van der Waals surface area (Å²) >= 11 is 0. The molecule has 4 nitrogen and oxygen atoms in total. The summed E-state index contributed by atoms with van der Waals surface area (Å²) < 4.78 is 0. The van der Waals surface area contributed by atoms with Gasteiger partial charge in [0.15, 0.2) is 0 Å². The van der Waals surface area contributed by atoms with Gasteiger partial charge in [-0.15, -0.1) is 0 Å². The van der Waals surface area contributed by atoms with Crippen molar-refractivity contribution in [1.29, 1.82) is 0 Å². The van der Waals surface area contributed by atoms with Gasteiger partial charge in [0.25, 0.3) is 0 Å². The third-order valence-corrected chi connectivity index (χ3v) is 1.79. The van der Waals surface area contributed by atoms with Crippen LogP contribution < -0.4 is 11.1 Å². The van der Waals surface area contributed by atoms with E-state index in [1.165, 1.54) is 0 Å². The van der Waals surface area contributed by atoms with E-state index in [1.54, 1.807) is 6.20 Å². The molecule has 0 aromatic carbocycles. The smallest absolute Gasteiger partial charge is 0.220 e. The molecule has 0 atom stereocenters. The van der Waals surface area contributed by atoms with Crippen LogP contribution in [0.4, 0.5) is 11.6 Å². The highest BCUT2D eigenvalue weighted by Gasteiger charge is 2.09. The fourth-order valence-corrected chi connectivity index (χ4v) is 1.25. The van der Waals surface area contributed by atoms with Crippen molar-refractivity contribution in [2.45, 2.75) is 12.8 Å². The van der Waals surface area contributed by atoms with Gasteiger partial charge in [-0.05, 0) is 12.8 Å². The van der Waals surface area contributed by atoms with E-state index >= 15 is 0 Å². The van der Waals surface area contributed by atoms with Gasteiger partial charge in [-0.3, -0.25) is 0 Å². The van der Waals surface area contributed by atoms with Crippen molar-refractivity contribution in [1.82, 2.24) is 9.97 Å². The van der Waals surface area contributed by atoms with Crippen LogP contribution in [0.25, 0.3) is 0 Å². The Morgan fingerprint density at radius 2 is 2.45 bits per heavy atom. The molecule has 3 N–H and O–H groups in total. The number of aromatic nitrogens is 2. The van der Waals surface area contributed by atoms with Gasteiger partial charge in [-0.2, -0.15) is 0 Å². The zero-order valence-corrected chi connectivity index (χ0v) is 6.17. The number of aryl methyl sites for hydroxylation is 1. The van der Waals surface area contributed by atoms with E-state index in [0.717, 1.165) is 30.8 Å². The van der Waals surface area contributed by atoms with Crippen molar-refractivity contribution in [3.8, 4) is 0 Å². The summed E-state index contributed by atoms with van der Waals surface area (Å²) in [5.41, 5.74) is 7.51. The summed E-state index contributed by atoms with van der Waals surface area (Å²) in [6.45, 7) is 1.01. The first-order valence-corrected chi connectivity index (χ1v) is 3.71. The lowest BCUT2D eigenvalue weighted by atomic mass is 10.1. The molecule has 2 rings (SSSR count). The number of nitrogens with zero attached hydrogens (tertiary/aromatic N) is 2. The number of rotatable bonds is 0. The summed E-state index contributed by atoms with van der Waals surface area (Å²) in [4.78, 5) is 8.01. The van der Waals surface area contributed by atoms with Gasteiger partial charge in [0.1, 0.15) is 0 Å². The first-order valence-electron chi connectivity index (χ1n) is 3.71. The summed E-state index contributed by atoms with van der Waals surface area (Å²) in [5.74, 6) is 0.368. The van der Waals surface area contributed by atoms with E-state index in [2.05, 4.69) is 15.3 Å². The molecule has 2 heterocycles. The van der Waals surface area contributed by atoms with Gasteiger partial charge in [0.2, 0.25) is 5.95 Å². The largest absolute Gasteiger partial charge is 0.382 e. The van der Waals surface area contributed by atoms with E-state index in [9.17, 15) is 0 Å². The molecule has 0 unspecified atom stereocenters. The van der Waals surface area contributed by atoms with Gasteiger partial charge in [-0.25, -0.2) is 9.97 Å². The topological polar surface area (TPSA) is 63.8 Å². The third-order valence-electron chi connectivity index (χ3n) is 1.79. The van der Waals surface area contributed by atoms with Crippen LogP contribution in [0.3, 0.4) is 0 Å². The number of nitrogen functional groups attached to an aromatic ring is 1. The molecule has 0 saturated carbocycles. The fraction of sp³-hybridized carbons (Fsp3) is 0.429. The summed E-state index contributed by atoms with van der Waals surface area (Å²) in [6.07, 6.45) is 3.88. The Bertz CT molecular complexity index is 271. The molecule has 1 aliphatic heterocycles. The Morgan fingerprint density at radius 1 is 1.55 bits per heavy atom. The second-order valence-electron chi connectivity index (χ2n) is 2.62. The monoisotopic (exact) mass is 150 g/mol. The minimum absolute atomic E-state index is 0.368. The first kappa shape index (κ1) is 6.39. The molecular formula is C7H10N4. The molecule has 0 fully saturated rings. The van der Waals surface area contributed by atoms with E-state index in [4.69, 9.17) is 5.73 Å². The van der Waals surface area contributed by atoms with Crippen molar-refractivity contribution in [2.75, 3.05) is 17.6 Å². The van der Waals surface area contributed by atoms with E-state index < -0.39 is 0 Å². The molecule has 0 spiro atoms. The van der Waals surface area contributed by atoms with Crippen molar-refractivity contribution < 1.29 is 0 Å². The molecule has 0 amide bonds. The Labute approximate surface area is 64.8 Å². The Hall–Kier alpha value is -1.32. The van der Waals surface area contributed by atoms with Crippen LogP contribution in [0.1, 0.15) is 12.1 Å². The molecule has 1 aromatic rings. The fourth-order valence-electron chi connectivity index (χ4n) is 1.25. The summed E-state index contributed by atoms with van der Waals surface area (Å²) in [5, 5.41) is 3.21. The maximum atomic E-state index is 5.43. The van der Waals surface area contributed by atoms with E-state index in [0.29, 0.717) is 5.95 Å². The van der Waals surface area contributed by atoms with Gasteiger partial charge in [0, 0.05) is 6.54 Å². The zero-order chi connectivity index (χ0) is 7.68. The normalized spacial score (nSPS) is 15.3. The summed E-state index contributed by atoms with van der Waals surface area (Å²) in [7, 11) is 0. The van der Waals surface area contributed by atoms with Crippen LogP contribution in [0.15, 0.2) is 6.20 Å². The second kappa shape index (κ2) is 2.38. The molecule has 0 radical (unpaired) electrons.